The van der Waals surface area contributed by atoms with Crippen molar-refractivity contribution < 1.29 is 14.0 Å². The maximum absolute atomic E-state index is 12.3. The third kappa shape index (κ3) is 4.27. The van der Waals surface area contributed by atoms with E-state index in [0.29, 0.717) is 5.69 Å². The molecule has 0 unspecified atom stereocenters. The number of nitrogens with one attached hydrogen (secondary N) is 3. The van der Waals surface area contributed by atoms with Gasteiger partial charge in [0.1, 0.15) is 0 Å². The molecular formula is C21H17N3O3S. The first-order valence-corrected chi connectivity index (χ1v) is 9.61. The van der Waals surface area contributed by atoms with Gasteiger partial charge in [-0.2, -0.15) is 0 Å². The summed E-state index contributed by atoms with van der Waals surface area (Å²) in [4.78, 5) is 28.3. The van der Waals surface area contributed by atoms with Crippen LogP contribution in [-0.4, -0.2) is 22.6 Å². The summed E-state index contributed by atoms with van der Waals surface area (Å²) in [6.45, 7) is 0. The van der Waals surface area contributed by atoms with Crippen LogP contribution in [0.2, 0.25) is 0 Å². The maximum Gasteiger partial charge on any atom is 0.291 e. The van der Waals surface area contributed by atoms with Crippen LogP contribution in [0.5, 0.6) is 0 Å². The SMILES string of the molecule is O=C(CSc1cccc(NC(=O)c2ccco2)c1)Nc1ccc2cc[nH]c2c1. The zero-order valence-electron chi connectivity index (χ0n) is 14.8. The second-order valence-corrected chi connectivity index (χ2v) is 7.12. The minimum Gasteiger partial charge on any atom is -0.459 e. The van der Waals surface area contributed by atoms with E-state index in [1.165, 1.54) is 18.0 Å². The lowest BCUT2D eigenvalue weighted by Crippen LogP contribution is -2.14. The van der Waals surface area contributed by atoms with E-state index in [0.717, 1.165) is 21.5 Å². The molecule has 4 rings (SSSR count). The summed E-state index contributed by atoms with van der Waals surface area (Å²) in [6.07, 6.45) is 3.32. The van der Waals surface area contributed by atoms with Gasteiger partial charge in [-0.25, -0.2) is 0 Å². The summed E-state index contributed by atoms with van der Waals surface area (Å²) >= 11 is 1.40. The highest BCUT2D eigenvalue weighted by atomic mass is 32.2. The van der Waals surface area contributed by atoms with E-state index in [-0.39, 0.29) is 23.3 Å². The van der Waals surface area contributed by atoms with Gasteiger partial charge in [0.25, 0.3) is 5.91 Å². The Morgan fingerprint density at radius 2 is 1.86 bits per heavy atom. The number of hydrogen-bond acceptors (Lipinski definition) is 4. The van der Waals surface area contributed by atoms with Crippen LogP contribution in [0.25, 0.3) is 10.9 Å². The largest absolute Gasteiger partial charge is 0.459 e. The van der Waals surface area contributed by atoms with Gasteiger partial charge in [0.05, 0.1) is 12.0 Å². The van der Waals surface area contributed by atoms with Crippen molar-refractivity contribution in [2.45, 2.75) is 4.90 Å². The molecule has 0 spiro atoms. The Balaban J connectivity index is 1.33. The van der Waals surface area contributed by atoms with E-state index in [9.17, 15) is 9.59 Å². The highest BCUT2D eigenvalue weighted by Gasteiger charge is 2.10. The molecule has 0 atom stereocenters. The van der Waals surface area contributed by atoms with E-state index in [1.807, 2.05) is 48.7 Å². The van der Waals surface area contributed by atoms with Gasteiger partial charge < -0.3 is 20.0 Å². The molecule has 0 saturated carbocycles. The molecule has 2 aromatic heterocycles. The van der Waals surface area contributed by atoms with Gasteiger partial charge in [0, 0.05) is 28.0 Å². The number of carbonyl (C=O) groups is 2. The minimum absolute atomic E-state index is 0.0964. The van der Waals surface area contributed by atoms with Crippen molar-refractivity contribution in [3.05, 3.63) is 78.9 Å². The summed E-state index contributed by atoms with van der Waals surface area (Å²) in [7, 11) is 0. The van der Waals surface area contributed by atoms with Crippen LogP contribution in [0.4, 0.5) is 11.4 Å². The lowest BCUT2D eigenvalue weighted by atomic mass is 10.2. The number of aromatic amines is 1. The van der Waals surface area contributed by atoms with Crippen LogP contribution in [0.15, 0.2) is 82.4 Å². The first-order chi connectivity index (χ1) is 13.7. The number of anilines is 2. The third-order valence-electron chi connectivity index (χ3n) is 4.05. The first kappa shape index (κ1) is 17.9. The smallest absolute Gasteiger partial charge is 0.291 e. The Bertz CT molecular complexity index is 1120. The Kier molecular flexibility index (Phi) is 5.16. The van der Waals surface area contributed by atoms with Gasteiger partial charge in [-0.1, -0.05) is 12.1 Å². The number of fused-ring (bicyclic) bond motifs is 1. The topological polar surface area (TPSA) is 87.1 Å². The fraction of sp³-hybridized carbons (Fsp3) is 0.0476. The number of H-pyrrole nitrogens is 1. The monoisotopic (exact) mass is 391 g/mol. The quantitative estimate of drug-likeness (QED) is 0.414. The molecule has 28 heavy (non-hydrogen) atoms. The molecule has 7 heteroatoms. The van der Waals surface area contributed by atoms with Crippen molar-refractivity contribution in [1.29, 1.82) is 0 Å². The summed E-state index contributed by atoms with van der Waals surface area (Å²) in [6, 6.07) is 18.3. The third-order valence-corrected chi connectivity index (χ3v) is 5.04. The number of hydrogen-bond donors (Lipinski definition) is 3. The van der Waals surface area contributed by atoms with Crippen molar-refractivity contribution in [2.75, 3.05) is 16.4 Å². The highest BCUT2D eigenvalue weighted by Crippen LogP contribution is 2.23. The van der Waals surface area contributed by atoms with Gasteiger partial charge in [-0.15, -0.1) is 11.8 Å². The molecule has 0 radical (unpaired) electrons. The predicted octanol–water partition coefficient (Wildman–Crippen LogP) is 4.74. The zero-order valence-corrected chi connectivity index (χ0v) is 15.6. The van der Waals surface area contributed by atoms with Crippen molar-refractivity contribution >= 4 is 45.9 Å². The van der Waals surface area contributed by atoms with Gasteiger partial charge in [-0.3, -0.25) is 9.59 Å². The van der Waals surface area contributed by atoms with Crippen LogP contribution in [-0.2, 0) is 4.79 Å². The molecule has 2 amide bonds. The number of benzene rings is 2. The van der Waals surface area contributed by atoms with Crippen LogP contribution in [0, 0.1) is 0 Å². The molecule has 0 aliphatic rings. The fourth-order valence-electron chi connectivity index (χ4n) is 2.74. The molecule has 140 valence electrons. The van der Waals surface area contributed by atoms with Crippen LogP contribution in [0.1, 0.15) is 10.6 Å². The molecule has 0 bridgehead atoms. The van der Waals surface area contributed by atoms with E-state index in [1.54, 1.807) is 18.2 Å². The second-order valence-electron chi connectivity index (χ2n) is 6.08. The van der Waals surface area contributed by atoms with Gasteiger partial charge in [-0.05, 0) is 53.9 Å². The van der Waals surface area contributed by atoms with E-state index in [2.05, 4.69) is 15.6 Å². The van der Waals surface area contributed by atoms with Gasteiger partial charge in [0.15, 0.2) is 5.76 Å². The average molecular weight is 391 g/mol. The van der Waals surface area contributed by atoms with E-state index < -0.39 is 0 Å². The fourth-order valence-corrected chi connectivity index (χ4v) is 3.49. The molecule has 2 aromatic carbocycles. The molecule has 4 aromatic rings. The summed E-state index contributed by atoms with van der Waals surface area (Å²) in [5.74, 6) is 0.0974. The summed E-state index contributed by atoms with van der Waals surface area (Å²) in [5, 5.41) is 6.77. The molecule has 2 heterocycles. The number of thioether (sulfide) groups is 1. The number of rotatable bonds is 6. The van der Waals surface area contributed by atoms with Crippen LogP contribution < -0.4 is 10.6 Å². The molecule has 0 fully saturated rings. The molecular weight excluding hydrogens is 374 g/mol. The van der Waals surface area contributed by atoms with Crippen molar-refractivity contribution in [1.82, 2.24) is 4.98 Å². The Morgan fingerprint density at radius 3 is 2.71 bits per heavy atom. The van der Waals surface area contributed by atoms with E-state index in [4.69, 9.17) is 4.42 Å². The molecule has 3 N–H and O–H groups in total. The summed E-state index contributed by atoms with van der Waals surface area (Å²) < 4.78 is 5.08. The second kappa shape index (κ2) is 8.06. The minimum atomic E-state index is -0.315. The molecule has 0 aliphatic carbocycles. The van der Waals surface area contributed by atoms with Crippen molar-refractivity contribution in [3.8, 4) is 0 Å². The number of aromatic nitrogens is 1. The predicted molar refractivity (Wildman–Crippen MR) is 111 cm³/mol. The zero-order chi connectivity index (χ0) is 19.3. The Hall–Kier alpha value is -3.45. The standard InChI is InChI=1S/C21H17N3O3S/c25-20(23-16-7-6-14-8-9-22-18(14)12-16)13-28-17-4-1-3-15(11-17)24-21(26)19-5-2-10-27-19/h1-12,22H,13H2,(H,23,25)(H,24,26). The summed E-state index contributed by atoms with van der Waals surface area (Å²) in [5.41, 5.74) is 2.37. The van der Waals surface area contributed by atoms with Gasteiger partial charge >= 0.3 is 0 Å². The highest BCUT2D eigenvalue weighted by molar-refractivity contribution is 8.00. The molecule has 0 aliphatic heterocycles. The number of carbonyl (C=O) groups excluding carboxylic acids is 2. The Labute approximate surface area is 165 Å². The lowest BCUT2D eigenvalue weighted by molar-refractivity contribution is -0.113. The van der Waals surface area contributed by atoms with Crippen LogP contribution >= 0.6 is 11.8 Å². The first-order valence-electron chi connectivity index (χ1n) is 8.62. The van der Waals surface area contributed by atoms with Crippen molar-refractivity contribution in [2.24, 2.45) is 0 Å². The average Bonchev–Trinajstić information content (AvgIpc) is 3.38. The maximum atomic E-state index is 12.3. The normalized spacial score (nSPS) is 10.7. The number of furan rings is 1. The molecule has 0 saturated heterocycles. The molecule has 6 nitrogen and oxygen atoms in total. The van der Waals surface area contributed by atoms with Crippen molar-refractivity contribution in [3.63, 3.8) is 0 Å². The number of amides is 2. The van der Waals surface area contributed by atoms with E-state index >= 15 is 0 Å². The van der Waals surface area contributed by atoms with Gasteiger partial charge in [0.2, 0.25) is 5.91 Å². The van der Waals surface area contributed by atoms with Crippen LogP contribution in [0.3, 0.4) is 0 Å². The lowest BCUT2D eigenvalue weighted by Gasteiger charge is -2.07. The Morgan fingerprint density at radius 1 is 0.964 bits per heavy atom.